The molecule has 3 heteroatoms. The fraction of sp³-hybridized carbons (Fsp3) is 0.952. The lowest BCUT2D eigenvalue weighted by Gasteiger charge is -2.26. The molecule has 0 amide bonds. The average molecular weight is 343 g/mol. The molecule has 5 atom stereocenters. The highest BCUT2D eigenvalue weighted by molar-refractivity contribution is 5.58. The lowest BCUT2D eigenvalue weighted by atomic mass is 9.77. The molecule has 0 aromatic carbocycles. The van der Waals surface area contributed by atoms with Crippen LogP contribution in [0, 0.1) is 23.2 Å². The van der Waals surface area contributed by atoms with E-state index in [0.29, 0.717) is 12.0 Å². The van der Waals surface area contributed by atoms with Crippen molar-refractivity contribution in [3.05, 3.63) is 0 Å². The molecule has 0 aromatic heterocycles. The summed E-state index contributed by atoms with van der Waals surface area (Å²) in [5, 5.41) is 0. The molecule has 144 valence electrons. The van der Waals surface area contributed by atoms with E-state index in [9.17, 15) is 4.79 Å². The minimum absolute atomic E-state index is 0.0191. The smallest absolute Gasteiger partial charge is 0.154 e. The van der Waals surface area contributed by atoms with Gasteiger partial charge in [0.2, 0.25) is 0 Å². The van der Waals surface area contributed by atoms with E-state index in [2.05, 4.69) is 20.8 Å². The van der Waals surface area contributed by atoms with E-state index < -0.39 is 0 Å². The zero-order chi connectivity index (χ0) is 18.8. The van der Waals surface area contributed by atoms with Gasteiger partial charge >= 0.3 is 0 Å². The predicted molar refractivity (Wildman–Crippen MR) is 102 cm³/mol. The van der Waals surface area contributed by atoms with Gasteiger partial charge in [0.05, 0.1) is 6.10 Å². The van der Waals surface area contributed by atoms with Crippen LogP contribution in [0.1, 0.15) is 87.0 Å². The molecule has 0 spiro atoms. The quantitative estimate of drug-likeness (QED) is 0.429. The first-order chi connectivity index (χ1) is 11.4. The van der Waals surface area contributed by atoms with Crippen molar-refractivity contribution < 1.29 is 14.3 Å². The van der Waals surface area contributed by atoms with Crippen LogP contribution in [0.25, 0.3) is 0 Å². The van der Waals surface area contributed by atoms with E-state index >= 15 is 0 Å². The molecule has 2 aliphatic rings. The maximum absolute atomic E-state index is 10.7. The SMILES string of the molecule is CC.CCCC(C)(C=O)C(C)C.COC(C)OC1CC2CCC1C2. The summed E-state index contributed by atoms with van der Waals surface area (Å²) in [7, 11) is 1.71. The summed E-state index contributed by atoms with van der Waals surface area (Å²) >= 11 is 0. The zero-order valence-corrected chi connectivity index (χ0v) is 17.4. The highest BCUT2D eigenvalue weighted by atomic mass is 16.7. The van der Waals surface area contributed by atoms with Crippen LogP contribution in [0.5, 0.6) is 0 Å². The van der Waals surface area contributed by atoms with Crippen LogP contribution in [0.15, 0.2) is 0 Å². The Labute approximate surface area is 150 Å². The Morgan fingerprint density at radius 3 is 2.08 bits per heavy atom. The second-order valence-electron chi connectivity index (χ2n) is 7.68. The van der Waals surface area contributed by atoms with E-state index in [-0.39, 0.29) is 11.7 Å². The highest BCUT2D eigenvalue weighted by Crippen LogP contribution is 2.46. The van der Waals surface area contributed by atoms with Crippen molar-refractivity contribution in [2.24, 2.45) is 23.2 Å². The van der Waals surface area contributed by atoms with Crippen molar-refractivity contribution in [3.8, 4) is 0 Å². The molecule has 3 nitrogen and oxygen atoms in total. The first kappa shape index (κ1) is 23.6. The van der Waals surface area contributed by atoms with Crippen molar-refractivity contribution in [1.82, 2.24) is 0 Å². The third kappa shape index (κ3) is 7.23. The van der Waals surface area contributed by atoms with Gasteiger partial charge in [-0.3, -0.25) is 0 Å². The fourth-order valence-corrected chi connectivity index (χ4v) is 3.68. The number of carbonyl (C=O) groups is 1. The normalized spacial score (nSPS) is 28.3. The summed E-state index contributed by atoms with van der Waals surface area (Å²) in [5.41, 5.74) is -0.0885. The Hall–Kier alpha value is -0.410. The summed E-state index contributed by atoms with van der Waals surface area (Å²) in [6, 6.07) is 0. The van der Waals surface area contributed by atoms with Crippen LogP contribution in [-0.4, -0.2) is 25.8 Å². The number of methoxy groups -OCH3 is 1. The molecule has 0 N–H and O–H groups in total. The van der Waals surface area contributed by atoms with Crippen LogP contribution >= 0.6 is 0 Å². The van der Waals surface area contributed by atoms with Crippen molar-refractivity contribution in [1.29, 1.82) is 0 Å². The summed E-state index contributed by atoms with van der Waals surface area (Å²) < 4.78 is 10.9. The monoisotopic (exact) mass is 342 g/mol. The molecule has 2 saturated carbocycles. The average Bonchev–Trinajstić information content (AvgIpc) is 3.20. The zero-order valence-electron chi connectivity index (χ0n) is 17.4. The molecular formula is C21H42O3. The Kier molecular flexibility index (Phi) is 11.8. The van der Waals surface area contributed by atoms with Gasteiger partial charge in [0.25, 0.3) is 0 Å². The van der Waals surface area contributed by atoms with E-state index in [1.807, 2.05) is 27.7 Å². The summed E-state index contributed by atoms with van der Waals surface area (Å²) in [6.45, 7) is 14.3. The lowest BCUT2D eigenvalue weighted by molar-refractivity contribution is -0.155. The minimum atomic E-state index is -0.0885. The molecule has 2 bridgehead atoms. The second kappa shape index (κ2) is 12.0. The van der Waals surface area contributed by atoms with Crippen molar-refractivity contribution >= 4 is 6.29 Å². The topological polar surface area (TPSA) is 35.5 Å². The Bertz CT molecular complexity index is 329. The van der Waals surface area contributed by atoms with Gasteiger partial charge in [-0.05, 0) is 56.8 Å². The van der Waals surface area contributed by atoms with Gasteiger partial charge in [-0.2, -0.15) is 0 Å². The molecule has 24 heavy (non-hydrogen) atoms. The molecule has 0 saturated heterocycles. The first-order valence-electron chi connectivity index (χ1n) is 10.0. The maximum Gasteiger partial charge on any atom is 0.154 e. The van der Waals surface area contributed by atoms with Crippen molar-refractivity contribution in [2.75, 3.05) is 7.11 Å². The fourth-order valence-electron chi connectivity index (χ4n) is 3.68. The van der Waals surface area contributed by atoms with Gasteiger partial charge < -0.3 is 14.3 Å². The van der Waals surface area contributed by atoms with E-state index in [1.54, 1.807) is 7.11 Å². The number of aldehydes is 1. The Morgan fingerprint density at radius 1 is 1.17 bits per heavy atom. The van der Waals surface area contributed by atoms with E-state index in [0.717, 1.165) is 31.0 Å². The highest BCUT2D eigenvalue weighted by Gasteiger charge is 2.40. The number of hydrogen-bond acceptors (Lipinski definition) is 3. The largest absolute Gasteiger partial charge is 0.356 e. The van der Waals surface area contributed by atoms with E-state index in [1.165, 1.54) is 25.7 Å². The molecule has 5 unspecified atom stereocenters. The Balaban J connectivity index is 0.000000407. The second-order valence-corrected chi connectivity index (χ2v) is 7.68. The van der Waals surface area contributed by atoms with Crippen molar-refractivity contribution in [2.45, 2.75) is 99.4 Å². The van der Waals surface area contributed by atoms with Crippen LogP contribution in [0.3, 0.4) is 0 Å². The number of rotatable bonds is 7. The number of hydrogen-bond donors (Lipinski definition) is 0. The molecular weight excluding hydrogens is 300 g/mol. The molecule has 2 rings (SSSR count). The van der Waals surface area contributed by atoms with Gasteiger partial charge in [-0.25, -0.2) is 0 Å². The molecule has 2 fully saturated rings. The van der Waals surface area contributed by atoms with Crippen molar-refractivity contribution in [3.63, 3.8) is 0 Å². The van der Waals surface area contributed by atoms with Gasteiger partial charge in [-0.15, -0.1) is 0 Å². The molecule has 2 aliphatic carbocycles. The minimum Gasteiger partial charge on any atom is -0.356 e. The van der Waals surface area contributed by atoms with Crippen LogP contribution in [-0.2, 0) is 14.3 Å². The number of fused-ring (bicyclic) bond motifs is 2. The predicted octanol–water partition coefficient (Wildman–Crippen LogP) is 5.86. The van der Waals surface area contributed by atoms with Crippen LogP contribution in [0.4, 0.5) is 0 Å². The van der Waals surface area contributed by atoms with Gasteiger partial charge in [0, 0.05) is 12.5 Å². The first-order valence-corrected chi connectivity index (χ1v) is 10.0. The standard InChI is InChI=1S/C10H18O2.C9H18O.C2H6/c1-7(11-2)12-10-6-8-3-4-9(10)5-8;1-5-6-9(4,7-10)8(2)3;1-2/h7-10H,3-6H2,1-2H3;7-8H,5-6H2,1-4H3;1-2H3. The molecule has 0 heterocycles. The summed E-state index contributed by atoms with van der Waals surface area (Å²) in [4.78, 5) is 10.7. The van der Waals surface area contributed by atoms with Gasteiger partial charge in [0.1, 0.15) is 6.29 Å². The van der Waals surface area contributed by atoms with Gasteiger partial charge in [-0.1, -0.05) is 48.0 Å². The third-order valence-electron chi connectivity index (χ3n) is 5.75. The summed E-state index contributed by atoms with van der Waals surface area (Å²) in [5.74, 6) is 2.27. The maximum atomic E-state index is 10.7. The number of ether oxygens (including phenoxy) is 2. The summed E-state index contributed by atoms with van der Waals surface area (Å²) in [6.07, 6.45) is 9.17. The molecule has 0 aliphatic heterocycles. The molecule has 0 aromatic rings. The molecule has 0 radical (unpaired) electrons. The third-order valence-corrected chi connectivity index (χ3v) is 5.75. The van der Waals surface area contributed by atoms with Gasteiger partial charge in [0.15, 0.2) is 6.29 Å². The lowest BCUT2D eigenvalue weighted by Crippen LogP contribution is -2.26. The van der Waals surface area contributed by atoms with E-state index in [4.69, 9.17) is 9.47 Å². The van der Waals surface area contributed by atoms with Crippen LogP contribution in [0.2, 0.25) is 0 Å². The Morgan fingerprint density at radius 2 is 1.79 bits per heavy atom. The number of carbonyl (C=O) groups excluding carboxylic acids is 1. The van der Waals surface area contributed by atoms with Crippen LogP contribution < -0.4 is 0 Å².